The van der Waals surface area contributed by atoms with Crippen LogP contribution >= 0.6 is 0 Å². The van der Waals surface area contributed by atoms with Crippen molar-refractivity contribution >= 4 is 0 Å². The van der Waals surface area contributed by atoms with Gasteiger partial charge in [-0.25, -0.2) is 0 Å². The zero-order chi connectivity index (χ0) is 13.9. The van der Waals surface area contributed by atoms with E-state index in [2.05, 4.69) is 37.4 Å². The highest BCUT2D eigenvalue weighted by atomic mass is 16.5. The number of nitrogens with one attached hydrogen (secondary N) is 1. The summed E-state index contributed by atoms with van der Waals surface area (Å²) in [6, 6.07) is 19.5. The van der Waals surface area contributed by atoms with Gasteiger partial charge in [-0.15, -0.1) is 0 Å². The molecular weight excluding hydrogens is 246 g/mol. The van der Waals surface area contributed by atoms with Crippen LogP contribution in [0.2, 0.25) is 0 Å². The summed E-state index contributed by atoms with van der Waals surface area (Å²) in [5, 5.41) is 3.59. The predicted molar refractivity (Wildman–Crippen MR) is 82.4 cm³/mol. The Morgan fingerprint density at radius 1 is 0.950 bits per heavy atom. The molecule has 3 atom stereocenters. The van der Waals surface area contributed by atoms with Crippen LogP contribution in [0, 0.1) is 0 Å². The highest BCUT2D eigenvalue weighted by Gasteiger charge is 2.29. The number of hydrogen-bond donors (Lipinski definition) is 1. The van der Waals surface area contributed by atoms with Crippen molar-refractivity contribution in [1.29, 1.82) is 0 Å². The van der Waals surface area contributed by atoms with Gasteiger partial charge in [-0.1, -0.05) is 30.3 Å². The second kappa shape index (κ2) is 5.68. The van der Waals surface area contributed by atoms with Gasteiger partial charge < -0.3 is 10.1 Å². The van der Waals surface area contributed by atoms with Crippen molar-refractivity contribution < 1.29 is 4.74 Å². The lowest BCUT2D eigenvalue weighted by molar-refractivity contribution is 0.480. The molecule has 1 heterocycles. The van der Waals surface area contributed by atoms with Gasteiger partial charge in [0.05, 0.1) is 0 Å². The van der Waals surface area contributed by atoms with Crippen molar-refractivity contribution in [3.8, 4) is 11.5 Å². The summed E-state index contributed by atoms with van der Waals surface area (Å²) in [6.45, 7) is 4.51. The van der Waals surface area contributed by atoms with Gasteiger partial charge in [-0.3, -0.25) is 0 Å². The first kappa shape index (κ1) is 13.2. The molecule has 2 heteroatoms. The summed E-state index contributed by atoms with van der Waals surface area (Å²) in [7, 11) is 0. The molecule has 0 spiro atoms. The average molecular weight is 267 g/mol. The second-order valence-corrected chi connectivity index (χ2v) is 5.69. The quantitative estimate of drug-likeness (QED) is 0.893. The Hall–Kier alpha value is -1.80. The lowest BCUT2D eigenvalue weighted by Gasteiger charge is -2.16. The average Bonchev–Trinajstić information content (AvgIpc) is 2.79. The second-order valence-electron chi connectivity index (χ2n) is 5.69. The zero-order valence-electron chi connectivity index (χ0n) is 12.0. The van der Waals surface area contributed by atoms with E-state index in [9.17, 15) is 0 Å². The fourth-order valence-electron chi connectivity index (χ4n) is 3.08. The summed E-state index contributed by atoms with van der Waals surface area (Å²) in [5.74, 6) is 2.38. The van der Waals surface area contributed by atoms with E-state index in [1.54, 1.807) is 0 Å². The normalized spacial score (nSPS) is 25.6. The molecule has 3 unspecified atom stereocenters. The van der Waals surface area contributed by atoms with Crippen molar-refractivity contribution in [2.24, 2.45) is 0 Å². The Balaban J connectivity index is 1.79. The first-order valence-corrected chi connectivity index (χ1v) is 7.31. The minimum absolute atomic E-state index is 0.525. The van der Waals surface area contributed by atoms with Crippen molar-refractivity contribution in [3.05, 3.63) is 60.2 Å². The van der Waals surface area contributed by atoms with Gasteiger partial charge in [0.25, 0.3) is 0 Å². The molecule has 104 valence electrons. The molecule has 2 aromatic carbocycles. The maximum absolute atomic E-state index is 5.92. The highest BCUT2D eigenvalue weighted by molar-refractivity contribution is 5.36. The van der Waals surface area contributed by atoms with Crippen LogP contribution in [-0.2, 0) is 0 Å². The standard InChI is InChI=1S/C18H21NO/c1-13-11-18(14(2)19-13)15-7-6-10-17(12-15)20-16-8-4-3-5-9-16/h3-10,12-14,18-19H,11H2,1-2H3. The topological polar surface area (TPSA) is 21.3 Å². The Bertz CT molecular complexity index is 567. The third-order valence-corrected chi connectivity index (χ3v) is 4.02. The summed E-state index contributed by atoms with van der Waals surface area (Å²) >= 11 is 0. The maximum Gasteiger partial charge on any atom is 0.127 e. The van der Waals surface area contributed by atoms with Crippen LogP contribution in [0.1, 0.15) is 31.7 Å². The summed E-state index contributed by atoms with van der Waals surface area (Å²) < 4.78 is 5.92. The largest absolute Gasteiger partial charge is 0.457 e. The molecule has 1 N–H and O–H groups in total. The first-order chi connectivity index (χ1) is 9.72. The van der Waals surface area contributed by atoms with E-state index in [0.717, 1.165) is 11.5 Å². The van der Waals surface area contributed by atoms with E-state index < -0.39 is 0 Å². The van der Waals surface area contributed by atoms with E-state index in [4.69, 9.17) is 4.74 Å². The molecule has 0 amide bonds. The van der Waals surface area contributed by atoms with Gasteiger partial charge in [0, 0.05) is 18.0 Å². The number of benzene rings is 2. The molecule has 1 saturated heterocycles. The molecule has 0 aromatic heterocycles. The molecule has 20 heavy (non-hydrogen) atoms. The molecule has 0 aliphatic carbocycles. The molecule has 1 aliphatic rings. The molecule has 1 fully saturated rings. The number of hydrogen-bond acceptors (Lipinski definition) is 2. The Morgan fingerprint density at radius 3 is 2.40 bits per heavy atom. The van der Waals surface area contributed by atoms with Crippen LogP contribution in [0.4, 0.5) is 0 Å². The Labute approximate surface area is 120 Å². The minimum atomic E-state index is 0.525. The van der Waals surface area contributed by atoms with Gasteiger partial charge in [-0.2, -0.15) is 0 Å². The van der Waals surface area contributed by atoms with Crippen LogP contribution < -0.4 is 10.1 Å². The van der Waals surface area contributed by atoms with Crippen LogP contribution in [-0.4, -0.2) is 12.1 Å². The van der Waals surface area contributed by atoms with Crippen LogP contribution in [0.5, 0.6) is 11.5 Å². The first-order valence-electron chi connectivity index (χ1n) is 7.31. The lowest BCUT2D eigenvalue weighted by Crippen LogP contribution is -2.26. The number of ether oxygens (including phenoxy) is 1. The van der Waals surface area contributed by atoms with Gasteiger partial charge in [-0.05, 0) is 50.1 Å². The van der Waals surface area contributed by atoms with Gasteiger partial charge >= 0.3 is 0 Å². The van der Waals surface area contributed by atoms with Crippen LogP contribution in [0.3, 0.4) is 0 Å². The number of para-hydroxylation sites is 1. The van der Waals surface area contributed by atoms with E-state index in [-0.39, 0.29) is 0 Å². The van der Waals surface area contributed by atoms with Gasteiger partial charge in [0.15, 0.2) is 0 Å². The van der Waals surface area contributed by atoms with E-state index in [1.807, 2.05) is 36.4 Å². The summed E-state index contributed by atoms with van der Waals surface area (Å²) in [5.41, 5.74) is 1.36. The predicted octanol–water partition coefficient (Wildman–Crippen LogP) is 4.33. The molecular formula is C18H21NO. The molecule has 1 aliphatic heterocycles. The van der Waals surface area contributed by atoms with Gasteiger partial charge in [0.1, 0.15) is 11.5 Å². The Kier molecular flexibility index (Phi) is 3.75. The molecule has 0 saturated carbocycles. The van der Waals surface area contributed by atoms with Crippen molar-refractivity contribution in [3.63, 3.8) is 0 Å². The van der Waals surface area contributed by atoms with Crippen LogP contribution in [0.15, 0.2) is 54.6 Å². The lowest BCUT2D eigenvalue weighted by atomic mass is 9.92. The SMILES string of the molecule is CC1CC(c2cccc(Oc3ccccc3)c2)C(C)N1. The van der Waals surface area contributed by atoms with E-state index in [0.29, 0.717) is 18.0 Å². The summed E-state index contributed by atoms with van der Waals surface area (Å²) in [6.07, 6.45) is 1.19. The third-order valence-electron chi connectivity index (χ3n) is 4.02. The van der Waals surface area contributed by atoms with E-state index in [1.165, 1.54) is 12.0 Å². The molecule has 0 bridgehead atoms. The number of rotatable bonds is 3. The molecule has 2 nitrogen and oxygen atoms in total. The van der Waals surface area contributed by atoms with Crippen molar-refractivity contribution in [2.45, 2.75) is 38.3 Å². The monoisotopic (exact) mass is 267 g/mol. The summed E-state index contributed by atoms with van der Waals surface area (Å²) in [4.78, 5) is 0. The fourth-order valence-corrected chi connectivity index (χ4v) is 3.08. The maximum atomic E-state index is 5.92. The zero-order valence-corrected chi connectivity index (χ0v) is 12.0. The van der Waals surface area contributed by atoms with Crippen LogP contribution in [0.25, 0.3) is 0 Å². The minimum Gasteiger partial charge on any atom is -0.457 e. The van der Waals surface area contributed by atoms with Crippen molar-refractivity contribution in [1.82, 2.24) is 5.32 Å². The third kappa shape index (κ3) is 2.86. The fraction of sp³-hybridized carbons (Fsp3) is 0.333. The van der Waals surface area contributed by atoms with E-state index >= 15 is 0 Å². The molecule has 2 aromatic rings. The Morgan fingerprint density at radius 2 is 1.70 bits per heavy atom. The van der Waals surface area contributed by atoms with Crippen molar-refractivity contribution in [2.75, 3.05) is 0 Å². The smallest absolute Gasteiger partial charge is 0.127 e. The molecule has 3 rings (SSSR count). The molecule has 0 radical (unpaired) electrons. The van der Waals surface area contributed by atoms with Gasteiger partial charge in [0.2, 0.25) is 0 Å². The highest BCUT2D eigenvalue weighted by Crippen LogP contribution is 2.33.